The maximum absolute atomic E-state index is 12.6. The highest BCUT2D eigenvalue weighted by atomic mass is 16.6. The Kier molecular flexibility index (Phi) is 6.35. The van der Waals surface area contributed by atoms with Gasteiger partial charge in [0.25, 0.3) is 0 Å². The second-order valence-electron chi connectivity index (χ2n) is 8.17. The van der Waals surface area contributed by atoms with Crippen molar-refractivity contribution in [2.24, 2.45) is 0 Å². The van der Waals surface area contributed by atoms with E-state index in [-0.39, 0.29) is 24.8 Å². The summed E-state index contributed by atoms with van der Waals surface area (Å²) in [6, 6.07) is 19.3. The first-order valence-corrected chi connectivity index (χ1v) is 11.3. The molecule has 174 valence electrons. The Labute approximate surface area is 197 Å². The zero-order valence-corrected chi connectivity index (χ0v) is 18.9. The summed E-state index contributed by atoms with van der Waals surface area (Å²) >= 11 is 0. The fourth-order valence-corrected chi connectivity index (χ4v) is 3.95. The van der Waals surface area contributed by atoms with Crippen molar-refractivity contribution in [3.05, 3.63) is 78.8 Å². The molecule has 3 heterocycles. The highest BCUT2D eigenvalue weighted by Gasteiger charge is 2.29. The SMILES string of the molecule is CC(Nc1nccc(-n2cnc3ccccc32)n1)C1CN(C(=O)OCc2ccccc2)CCO1. The number of carbonyl (C=O) groups is 1. The third-order valence-electron chi connectivity index (χ3n) is 5.81. The average molecular weight is 459 g/mol. The number of fused-ring (bicyclic) bond motifs is 1. The molecule has 34 heavy (non-hydrogen) atoms. The molecule has 5 rings (SSSR count). The van der Waals surface area contributed by atoms with Gasteiger partial charge in [0.2, 0.25) is 5.95 Å². The molecule has 2 unspecified atom stereocenters. The summed E-state index contributed by atoms with van der Waals surface area (Å²) in [6.45, 7) is 3.61. The van der Waals surface area contributed by atoms with Crippen molar-refractivity contribution in [3.63, 3.8) is 0 Å². The van der Waals surface area contributed by atoms with Gasteiger partial charge in [0, 0.05) is 12.7 Å². The van der Waals surface area contributed by atoms with Gasteiger partial charge in [-0.3, -0.25) is 4.57 Å². The lowest BCUT2D eigenvalue weighted by molar-refractivity contribution is -0.0337. The number of anilines is 1. The maximum atomic E-state index is 12.6. The Hall–Kier alpha value is -3.98. The van der Waals surface area contributed by atoms with Gasteiger partial charge in [-0.25, -0.2) is 14.8 Å². The van der Waals surface area contributed by atoms with Crippen molar-refractivity contribution in [1.29, 1.82) is 0 Å². The number of imidazole rings is 1. The molecule has 1 N–H and O–H groups in total. The van der Waals surface area contributed by atoms with Gasteiger partial charge in [-0.1, -0.05) is 42.5 Å². The van der Waals surface area contributed by atoms with E-state index in [2.05, 4.69) is 20.3 Å². The molecular weight excluding hydrogens is 432 g/mol. The van der Waals surface area contributed by atoms with Crippen LogP contribution in [-0.2, 0) is 16.1 Å². The molecule has 4 aromatic rings. The Morgan fingerprint density at radius 3 is 2.85 bits per heavy atom. The number of hydrogen-bond donors (Lipinski definition) is 1. The molecule has 0 aliphatic carbocycles. The number of nitrogens with zero attached hydrogens (tertiary/aromatic N) is 5. The predicted molar refractivity (Wildman–Crippen MR) is 128 cm³/mol. The number of morpholine rings is 1. The number of amides is 1. The number of ether oxygens (including phenoxy) is 2. The monoisotopic (exact) mass is 458 g/mol. The number of rotatable bonds is 6. The van der Waals surface area contributed by atoms with Gasteiger partial charge in [0.05, 0.1) is 36.3 Å². The van der Waals surface area contributed by atoms with Crippen LogP contribution >= 0.6 is 0 Å². The lowest BCUT2D eigenvalue weighted by atomic mass is 10.1. The molecule has 0 radical (unpaired) electrons. The maximum Gasteiger partial charge on any atom is 0.410 e. The Morgan fingerprint density at radius 2 is 1.97 bits per heavy atom. The zero-order valence-electron chi connectivity index (χ0n) is 18.9. The molecule has 1 aliphatic rings. The standard InChI is InChI=1S/C25H26N6O3/c1-18(22-15-30(13-14-33-22)25(32)34-16-19-7-3-2-4-8-19)28-24-26-12-11-23(29-24)31-17-27-20-9-5-6-10-21(20)31/h2-12,17-18,22H,13-16H2,1H3,(H,26,28,29). The van der Waals surface area contributed by atoms with Crippen LogP contribution in [0, 0.1) is 0 Å². The molecular formula is C25H26N6O3. The Morgan fingerprint density at radius 1 is 1.15 bits per heavy atom. The second-order valence-corrected chi connectivity index (χ2v) is 8.17. The van der Waals surface area contributed by atoms with E-state index in [0.717, 1.165) is 16.6 Å². The van der Waals surface area contributed by atoms with Gasteiger partial charge < -0.3 is 19.7 Å². The number of benzene rings is 2. The molecule has 0 spiro atoms. The Bertz CT molecular complexity index is 1260. The van der Waals surface area contributed by atoms with Gasteiger partial charge in [-0.05, 0) is 30.7 Å². The van der Waals surface area contributed by atoms with Crippen LogP contribution in [0.5, 0.6) is 0 Å². The van der Waals surface area contributed by atoms with Gasteiger partial charge in [0.1, 0.15) is 18.8 Å². The van der Waals surface area contributed by atoms with Crippen molar-refractivity contribution in [2.75, 3.05) is 25.0 Å². The highest BCUT2D eigenvalue weighted by molar-refractivity contribution is 5.76. The topological polar surface area (TPSA) is 94.4 Å². The highest BCUT2D eigenvalue weighted by Crippen LogP contribution is 2.18. The molecule has 1 saturated heterocycles. The van der Waals surface area contributed by atoms with E-state index >= 15 is 0 Å². The van der Waals surface area contributed by atoms with E-state index in [9.17, 15) is 4.79 Å². The fourth-order valence-electron chi connectivity index (χ4n) is 3.95. The van der Waals surface area contributed by atoms with E-state index in [1.54, 1.807) is 17.4 Å². The molecule has 9 nitrogen and oxygen atoms in total. The summed E-state index contributed by atoms with van der Waals surface area (Å²) in [7, 11) is 0. The van der Waals surface area contributed by atoms with E-state index in [1.807, 2.05) is 72.2 Å². The zero-order chi connectivity index (χ0) is 23.3. The minimum atomic E-state index is -0.338. The van der Waals surface area contributed by atoms with Crippen LogP contribution in [0.1, 0.15) is 12.5 Å². The number of aromatic nitrogens is 4. The normalized spacial score (nSPS) is 16.9. The lowest BCUT2D eigenvalue weighted by Gasteiger charge is -2.35. The lowest BCUT2D eigenvalue weighted by Crippen LogP contribution is -2.51. The van der Waals surface area contributed by atoms with Gasteiger partial charge in [-0.2, -0.15) is 4.98 Å². The third-order valence-corrected chi connectivity index (χ3v) is 5.81. The van der Waals surface area contributed by atoms with Crippen LogP contribution in [0.4, 0.5) is 10.7 Å². The molecule has 2 atom stereocenters. The first-order chi connectivity index (χ1) is 16.7. The number of hydrogen-bond acceptors (Lipinski definition) is 7. The summed E-state index contributed by atoms with van der Waals surface area (Å²) in [4.78, 5) is 27.7. The van der Waals surface area contributed by atoms with Crippen molar-refractivity contribution >= 4 is 23.1 Å². The van der Waals surface area contributed by atoms with E-state index < -0.39 is 0 Å². The molecule has 2 aromatic carbocycles. The van der Waals surface area contributed by atoms with Gasteiger partial charge in [0.15, 0.2) is 0 Å². The first kappa shape index (κ1) is 21.8. The van der Waals surface area contributed by atoms with E-state index in [0.29, 0.717) is 31.5 Å². The van der Waals surface area contributed by atoms with Crippen molar-refractivity contribution in [1.82, 2.24) is 24.4 Å². The largest absolute Gasteiger partial charge is 0.445 e. The quantitative estimate of drug-likeness (QED) is 0.471. The summed E-state index contributed by atoms with van der Waals surface area (Å²) in [5, 5.41) is 3.32. The second kappa shape index (κ2) is 9.88. The van der Waals surface area contributed by atoms with Crippen molar-refractivity contribution in [2.45, 2.75) is 25.7 Å². The van der Waals surface area contributed by atoms with Crippen LogP contribution in [0.25, 0.3) is 16.9 Å². The minimum Gasteiger partial charge on any atom is -0.445 e. The summed E-state index contributed by atoms with van der Waals surface area (Å²) in [6.07, 6.45) is 2.90. The smallest absolute Gasteiger partial charge is 0.410 e. The van der Waals surface area contributed by atoms with Crippen LogP contribution in [0.2, 0.25) is 0 Å². The van der Waals surface area contributed by atoms with Crippen LogP contribution in [0.15, 0.2) is 73.2 Å². The molecule has 9 heteroatoms. The van der Waals surface area contributed by atoms with Crippen LogP contribution in [-0.4, -0.2) is 62.4 Å². The fraction of sp³-hybridized carbons (Fsp3) is 0.280. The van der Waals surface area contributed by atoms with Crippen LogP contribution in [0.3, 0.4) is 0 Å². The third kappa shape index (κ3) is 4.84. The Balaban J connectivity index is 1.21. The minimum absolute atomic E-state index is 0.125. The van der Waals surface area contributed by atoms with Gasteiger partial charge in [-0.15, -0.1) is 0 Å². The molecule has 1 fully saturated rings. The summed E-state index contributed by atoms with van der Waals surface area (Å²) < 4.78 is 13.3. The van der Waals surface area contributed by atoms with E-state index in [4.69, 9.17) is 9.47 Å². The van der Waals surface area contributed by atoms with Crippen molar-refractivity contribution in [3.8, 4) is 5.82 Å². The summed E-state index contributed by atoms with van der Waals surface area (Å²) in [5.41, 5.74) is 2.83. The molecule has 0 saturated carbocycles. The van der Waals surface area contributed by atoms with Crippen molar-refractivity contribution < 1.29 is 14.3 Å². The first-order valence-electron chi connectivity index (χ1n) is 11.3. The molecule has 1 amide bonds. The summed E-state index contributed by atoms with van der Waals surface area (Å²) in [5.74, 6) is 1.20. The number of nitrogens with one attached hydrogen (secondary N) is 1. The molecule has 2 aromatic heterocycles. The van der Waals surface area contributed by atoms with E-state index in [1.165, 1.54) is 0 Å². The van der Waals surface area contributed by atoms with Crippen LogP contribution < -0.4 is 5.32 Å². The average Bonchev–Trinajstić information content (AvgIpc) is 3.32. The number of carbonyl (C=O) groups excluding carboxylic acids is 1. The molecule has 0 bridgehead atoms. The van der Waals surface area contributed by atoms with Gasteiger partial charge >= 0.3 is 6.09 Å². The molecule has 1 aliphatic heterocycles. The predicted octanol–water partition coefficient (Wildman–Crippen LogP) is 3.65. The number of para-hydroxylation sites is 2.